The zero-order valence-corrected chi connectivity index (χ0v) is 21.4. The Hall–Kier alpha value is -1.96. The van der Waals surface area contributed by atoms with E-state index in [-0.39, 0.29) is 12.5 Å². The first-order valence-electron chi connectivity index (χ1n) is 10.3. The van der Waals surface area contributed by atoms with E-state index in [4.69, 9.17) is 58.0 Å². The third kappa shape index (κ3) is 4.88. The van der Waals surface area contributed by atoms with Crippen LogP contribution in [-0.2, 0) is 11.3 Å². The van der Waals surface area contributed by atoms with Crippen molar-refractivity contribution in [2.75, 3.05) is 18.4 Å². The number of aldehydes is 1. The Morgan fingerprint density at radius 1 is 1.12 bits per heavy atom. The molecule has 4 rings (SSSR count). The molecule has 1 heterocycles. The molecule has 0 saturated heterocycles. The maximum absolute atomic E-state index is 12.6. The number of anilines is 1. The molecular weight excluding hydrogens is 542 g/mol. The number of aromatic nitrogens is 2. The summed E-state index contributed by atoms with van der Waals surface area (Å²) in [6.45, 7) is 1.03. The number of nitrogens with one attached hydrogen (secondary N) is 2. The minimum atomic E-state index is -1.35. The molecule has 1 aliphatic rings. The van der Waals surface area contributed by atoms with Crippen molar-refractivity contribution in [3.63, 3.8) is 0 Å². The van der Waals surface area contributed by atoms with Crippen LogP contribution in [0.15, 0.2) is 54.9 Å². The normalized spacial score (nSPS) is 20.6. The van der Waals surface area contributed by atoms with Crippen molar-refractivity contribution in [2.24, 2.45) is 5.41 Å². The van der Waals surface area contributed by atoms with Gasteiger partial charge in [0.1, 0.15) is 10.6 Å². The van der Waals surface area contributed by atoms with Crippen LogP contribution >= 0.6 is 58.0 Å². The van der Waals surface area contributed by atoms with Crippen molar-refractivity contribution in [1.82, 2.24) is 15.1 Å². The standard InChI is InChI=1S/C23H19Cl5N4O2/c24-15-8-14(9-16(25)10-15)20-22(13-33,23(20,27)28)12-30-17-2-3-19(26)18(11-17)21(34)29-5-7-32-6-1-4-31-32/h1-4,6,8-11,13,20,30H,5,7,12H2,(H,29,34). The number of amides is 1. The lowest BCUT2D eigenvalue weighted by Crippen LogP contribution is -2.28. The van der Waals surface area contributed by atoms with E-state index in [1.807, 2.05) is 12.3 Å². The quantitative estimate of drug-likeness (QED) is 0.255. The summed E-state index contributed by atoms with van der Waals surface area (Å²) >= 11 is 31.6. The minimum Gasteiger partial charge on any atom is -0.384 e. The van der Waals surface area contributed by atoms with Crippen LogP contribution in [0.2, 0.25) is 15.1 Å². The Labute approximate surface area is 221 Å². The molecule has 2 unspecified atom stereocenters. The van der Waals surface area contributed by atoms with Gasteiger partial charge in [-0.3, -0.25) is 9.48 Å². The van der Waals surface area contributed by atoms with E-state index >= 15 is 0 Å². The van der Waals surface area contributed by atoms with Gasteiger partial charge in [-0.15, -0.1) is 0 Å². The number of hydrogen-bond acceptors (Lipinski definition) is 4. The molecule has 1 fully saturated rings. The van der Waals surface area contributed by atoms with Crippen molar-refractivity contribution >= 4 is 75.9 Å². The number of hydrogen-bond donors (Lipinski definition) is 2. The third-order valence-corrected chi connectivity index (χ3v) is 7.73. The summed E-state index contributed by atoms with van der Waals surface area (Å²) in [5.41, 5.74) is 0.437. The zero-order valence-electron chi connectivity index (χ0n) is 17.6. The fraction of sp³-hybridized carbons (Fsp3) is 0.261. The zero-order chi connectivity index (χ0) is 24.5. The molecule has 0 bridgehead atoms. The monoisotopic (exact) mass is 558 g/mol. The summed E-state index contributed by atoms with van der Waals surface area (Å²) in [6, 6.07) is 11.7. The number of carbonyl (C=O) groups is 2. The number of nitrogens with zero attached hydrogens (tertiary/aromatic N) is 2. The highest BCUT2D eigenvalue weighted by Gasteiger charge is 2.76. The van der Waals surface area contributed by atoms with E-state index in [9.17, 15) is 9.59 Å². The first-order valence-corrected chi connectivity index (χ1v) is 12.2. The summed E-state index contributed by atoms with van der Waals surface area (Å²) in [5.74, 6) is -0.838. The van der Waals surface area contributed by atoms with Crippen LogP contribution < -0.4 is 10.6 Å². The van der Waals surface area contributed by atoms with Gasteiger partial charge in [0.2, 0.25) is 0 Å². The fourth-order valence-corrected chi connectivity index (χ4v) is 5.72. The number of carbonyl (C=O) groups excluding carboxylic acids is 2. The largest absolute Gasteiger partial charge is 0.384 e. The molecule has 1 aliphatic carbocycles. The van der Waals surface area contributed by atoms with Crippen LogP contribution in [0, 0.1) is 5.41 Å². The van der Waals surface area contributed by atoms with Crippen LogP contribution in [0.4, 0.5) is 5.69 Å². The van der Waals surface area contributed by atoms with Crippen molar-refractivity contribution in [1.29, 1.82) is 0 Å². The van der Waals surface area contributed by atoms with Gasteiger partial charge in [0.05, 0.1) is 22.5 Å². The lowest BCUT2D eigenvalue weighted by molar-refractivity contribution is -0.112. The van der Waals surface area contributed by atoms with Crippen LogP contribution in [0.5, 0.6) is 0 Å². The predicted octanol–water partition coefficient (Wildman–Crippen LogP) is 5.84. The molecule has 1 amide bonds. The molecule has 178 valence electrons. The smallest absolute Gasteiger partial charge is 0.252 e. The summed E-state index contributed by atoms with van der Waals surface area (Å²) in [5, 5.41) is 11.2. The van der Waals surface area contributed by atoms with Gasteiger partial charge < -0.3 is 15.4 Å². The molecule has 2 N–H and O–H groups in total. The van der Waals surface area contributed by atoms with Gasteiger partial charge >= 0.3 is 0 Å². The maximum atomic E-state index is 12.6. The average molecular weight is 561 g/mol. The number of halogens is 5. The van der Waals surface area contributed by atoms with Gasteiger partial charge in [0.25, 0.3) is 5.91 Å². The summed E-state index contributed by atoms with van der Waals surface area (Å²) in [6.07, 6.45) is 4.23. The van der Waals surface area contributed by atoms with Gasteiger partial charge in [-0.2, -0.15) is 5.10 Å². The summed E-state index contributed by atoms with van der Waals surface area (Å²) in [7, 11) is 0. The van der Waals surface area contributed by atoms with Gasteiger partial charge in [-0.25, -0.2) is 0 Å². The first-order chi connectivity index (χ1) is 16.2. The highest BCUT2D eigenvalue weighted by molar-refractivity contribution is 6.54. The van der Waals surface area contributed by atoms with E-state index in [0.717, 1.165) is 6.29 Å². The number of rotatable bonds is 9. The Morgan fingerprint density at radius 3 is 2.50 bits per heavy atom. The molecule has 6 nitrogen and oxygen atoms in total. The molecule has 2 aromatic carbocycles. The highest BCUT2D eigenvalue weighted by Crippen LogP contribution is 2.73. The molecule has 34 heavy (non-hydrogen) atoms. The number of benzene rings is 2. The Bertz CT molecular complexity index is 1200. The van der Waals surface area contributed by atoms with Crippen molar-refractivity contribution in [3.8, 4) is 0 Å². The molecule has 0 spiro atoms. The highest BCUT2D eigenvalue weighted by atomic mass is 35.5. The topological polar surface area (TPSA) is 76.0 Å². The molecular formula is C23H19Cl5N4O2. The van der Waals surface area contributed by atoms with Crippen LogP contribution in [0.3, 0.4) is 0 Å². The Kier molecular flexibility index (Phi) is 7.36. The Balaban J connectivity index is 1.46. The average Bonchev–Trinajstić information content (AvgIpc) is 3.07. The van der Waals surface area contributed by atoms with Crippen LogP contribution in [-0.4, -0.2) is 39.4 Å². The molecule has 2 atom stereocenters. The number of alkyl halides is 2. The van der Waals surface area contributed by atoms with Crippen molar-refractivity contribution in [2.45, 2.75) is 16.8 Å². The summed E-state index contributed by atoms with van der Waals surface area (Å²) in [4.78, 5) is 24.8. The lowest BCUT2D eigenvalue weighted by Gasteiger charge is -2.15. The van der Waals surface area contributed by atoms with E-state index in [2.05, 4.69) is 15.7 Å². The van der Waals surface area contributed by atoms with Crippen molar-refractivity contribution < 1.29 is 9.59 Å². The third-order valence-electron chi connectivity index (χ3n) is 5.83. The second-order valence-corrected chi connectivity index (χ2v) is 10.7. The van der Waals surface area contributed by atoms with Gasteiger partial charge in [-0.05, 0) is 48.0 Å². The molecule has 1 aromatic heterocycles. The second kappa shape index (κ2) is 9.96. The Morgan fingerprint density at radius 2 is 1.85 bits per heavy atom. The van der Waals surface area contributed by atoms with E-state index in [1.54, 1.807) is 47.3 Å². The van der Waals surface area contributed by atoms with Gasteiger partial charge in [-0.1, -0.05) is 58.0 Å². The van der Waals surface area contributed by atoms with Gasteiger partial charge in [0, 0.05) is 47.1 Å². The molecule has 0 aliphatic heterocycles. The minimum absolute atomic E-state index is 0.125. The predicted molar refractivity (Wildman–Crippen MR) is 137 cm³/mol. The van der Waals surface area contributed by atoms with Crippen molar-refractivity contribution in [3.05, 3.63) is 81.1 Å². The van der Waals surface area contributed by atoms with Crippen LogP contribution in [0.25, 0.3) is 0 Å². The molecule has 11 heteroatoms. The molecule has 0 radical (unpaired) electrons. The lowest BCUT2D eigenvalue weighted by atomic mass is 10.00. The SMILES string of the molecule is O=CC1(CNc2ccc(Cl)c(C(=O)NCCn3cccn3)c2)C(c2cc(Cl)cc(Cl)c2)C1(Cl)Cl. The first kappa shape index (κ1) is 25.1. The van der Waals surface area contributed by atoms with E-state index in [0.29, 0.717) is 45.0 Å². The van der Waals surface area contributed by atoms with E-state index < -0.39 is 15.7 Å². The molecule has 3 aromatic rings. The van der Waals surface area contributed by atoms with Gasteiger partial charge in [0.15, 0.2) is 0 Å². The summed E-state index contributed by atoms with van der Waals surface area (Å²) < 4.78 is 0.358. The fourth-order valence-electron chi connectivity index (χ4n) is 4.00. The van der Waals surface area contributed by atoms with Crippen LogP contribution in [0.1, 0.15) is 21.8 Å². The second-order valence-electron chi connectivity index (χ2n) is 7.99. The maximum Gasteiger partial charge on any atom is 0.252 e. The molecule has 1 saturated carbocycles. The van der Waals surface area contributed by atoms with E-state index in [1.165, 1.54) is 0 Å².